The lowest BCUT2D eigenvalue weighted by atomic mass is 9.97. The summed E-state index contributed by atoms with van der Waals surface area (Å²) >= 11 is 0. The van der Waals surface area contributed by atoms with Gasteiger partial charge < -0.3 is 19.9 Å². The number of urea groups is 1. The summed E-state index contributed by atoms with van der Waals surface area (Å²) in [7, 11) is 1.70. The molecule has 0 saturated carbocycles. The summed E-state index contributed by atoms with van der Waals surface area (Å²) in [6, 6.07) is 17.0. The molecule has 0 atom stereocenters. The van der Waals surface area contributed by atoms with Crippen LogP contribution in [-0.2, 0) is 20.9 Å². The van der Waals surface area contributed by atoms with Crippen LogP contribution in [0.4, 0.5) is 10.5 Å². The number of amides is 3. The van der Waals surface area contributed by atoms with Crippen molar-refractivity contribution < 1.29 is 19.1 Å². The van der Waals surface area contributed by atoms with Crippen LogP contribution in [-0.4, -0.2) is 54.5 Å². The number of carbonyl (C=O) groups excluding carboxylic acids is 3. The summed E-state index contributed by atoms with van der Waals surface area (Å²) in [5.74, 6) is -0.910. The number of esters is 1. The molecular weight excluding hydrogens is 394 g/mol. The molecule has 7 nitrogen and oxygen atoms in total. The maximum Gasteiger partial charge on any atom is 0.321 e. The highest BCUT2D eigenvalue weighted by molar-refractivity contribution is 5.89. The number of hydrogen-bond donors (Lipinski definition) is 1. The number of likely N-dealkylation sites (tertiary alicyclic amines) is 1. The molecule has 2 aromatic carbocycles. The van der Waals surface area contributed by atoms with E-state index in [4.69, 9.17) is 4.74 Å². The van der Waals surface area contributed by atoms with Gasteiger partial charge >= 0.3 is 12.0 Å². The molecule has 1 saturated heterocycles. The second-order valence-corrected chi connectivity index (χ2v) is 7.84. The first-order valence-electron chi connectivity index (χ1n) is 10.5. The number of anilines is 1. The first kappa shape index (κ1) is 22.3. The molecule has 1 aliphatic rings. The van der Waals surface area contributed by atoms with Crippen molar-refractivity contribution in [3.8, 4) is 0 Å². The summed E-state index contributed by atoms with van der Waals surface area (Å²) < 4.78 is 5.27. The van der Waals surface area contributed by atoms with E-state index in [9.17, 15) is 14.4 Å². The van der Waals surface area contributed by atoms with Crippen molar-refractivity contribution in [2.24, 2.45) is 5.92 Å². The van der Waals surface area contributed by atoms with E-state index in [1.165, 1.54) is 0 Å². The fourth-order valence-electron chi connectivity index (χ4n) is 3.53. The van der Waals surface area contributed by atoms with Gasteiger partial charge in [0.1, 0.15) is 0 Å². The van der Waals surface area contributed by atoms with E-state index in [1.54, 1.807) is 16.8 Å². The van der Waals surface area contributed by atoms with Crippen LogP contribution < -0.4 is 5.32 Å². The molecule has 0 radical (unpaired) electrons. The monoisotopic (exact) mass is 423 g/mol. The molecule has 7 heteroatoms. The summed E-state index contributed by atoms with van der Waals surface area (Å²) in [4.78, 5) is 40.4. The number of ether oxygens (including phenoxy) is 1. The van der Waals surface area contributed by atoms with Crippen molar-refractivity contribution >= 4 is 23.6 Å². The molecule has 1 fully saturated rings. The van der Waals surface area contributed by atoms with Gasteiger partial charge in [0.25, 0.3) is 5.91 Å². The number of hydrogen-bond acceptors (Lipinski definition) is 4. The van der Waals surface area contributed by atoms with Crippen LogP contribution in [0.25, 0.3) is 0 Å². The Bertz CT molecular complexity index is 908. The molecule has 31 heavy (non-hydrogen) atoms. The van der Waals surface area contributed by atoms with Gasteiger partial charge in [0, 0.05) is 32.4 Å². The minimum absolute atomic E-state index is 0.175. The second kappa shape index (κ2) is 10.6. The smallest absolute Gasteiger partial charge is 0.321 e. The number of nitrogens with one attached hydrogen (secondary N) is 1. The van der Waals surface area contributed by atoms with Crippen molar-refractivity contribution in [1.82, 2.24) is 9.80 Å². The number of rotatable bonds is 6. The molecule has 2 aromatic rings. The number of nitrogens with zero attached hydrogens (tertiary/aromatic N) is 2. The lowest BCUT2D eigenvalue weighted by molar-refractivity contribution is -0.156. The third kappa shape index (κ3) is 6.31. The van der Waals surface area contributed by atoms with Gasteiger partial charge in [-0.25, -0.2) is 4.79 Å². The van der Waals surface area contributed by atoms with Crippen LogP contribution >= 0.6 is 0 Å². The van der Waals surface area contributed by atoms with E-state index in [1.807, 2.05) is 61.5 Å². The average molecular weight is 424 g/mol. The Hall–Kier alpha value is -3.35. The predicted molar refractivity (Wildman–Crippen MR) is 118 cm³/mol. The third-order valence-corrected chi connectivity index (χ3v) is 5.57. The largest absolute Gasteiger partial charge is 0.455 e. The topological polar surface area (TPSA) is 79.0 Å². The molecule has 1 N–H and O–H groups in total. The minimum atomic E-state index is -0.374. The summed E-state index contributed by atoms with van der Waals surface area (Å²) in [6.07, 6.45) is 1.04. The quantitative estimate of drug-likeness (QED) is 0.722. The van der Waals surface area contributed by atoms with Gasteiger partial charge in [-0.05, 0) is 43.0 Å². The SMILES string of the molecule is Cc1ccccc1CN(C)C(=O)COC(=O)C1CCN(C(=O)Nc2ccccc2)CC1. The minimum Gasteiger partial charge on any atom is -0.455 e. The number of piperidine rings is 1. The molecule has 0 bridgehead atoms. The van der Waals surface area contributed by atoms with Gasteiger partial charge in [-0.2, -0.15) is 0 Å². The summed E-state index contributed by atoms with van der Waals surface area (Å²) in [5.41, 5.74) is 2.91. The standard InChI is InChI=1S/C24H29N3O4/c1-18-8-6-7-9-20(18)16-26(2)22(28)17-31-23(29)19-12-14-27(15-13-19)24(30)25-21-10-4-3-5-11-21/h3-11,19H,12-17H2,1-2H3,(H,25,30). The number of para-hydroxylation sites is 1. The Morgan fingerprint density at radius 3 is 2.35 bits per heavy atom. The molecule has 0 aromatic heterocycles. The Kier molecular flexibility index (Phi) is 7.65. The van der Waals surface area contributed by atoms with Crippen molar-refractivity contribution in [3.63, 3.8) is 0 Å². The number of likely N-dealkylation sites (N-methyl/N-ethyl adjacent to an activating group) is 1. The zero-order valence-electron chi connectivity index (χ0n) is 18.0. The summed E-state index contributed by atoms with van der Waals surface area (Å²) in [6.45, 7) is 3.15. The maximum atomic E-state index is 12.4. The van der Waals surface area contributed by atoms with Gasteiger partial charge in [-0.3, -0.25) is 9.59 Å². The Morgan fingerprint density at radius 1 is 1.03 bits per heavy atom. The first-order chi connectivity index (χ1) is 14.9. The molecule has 0 aliphatic carbocycles. The van der Waals surface area contributed by atoms with Crippen LogP contribution in [0.2, 0.25) is 0 Å². The van der Waals surface area contributed by atoms with Crippen molar-refractivity contribution in [2.45, 2.75) is 26.3 Å². The van der Waals surface area contributed by atoms with E-state index < -0.39 is 0 Å². The van der Waals surface area contributed by atoms with Crippen LogP contribution in [0.15, 0.2) is 54.6 Å². The fourth-order valence-corrected chi connectivity index (χ4v) is 3.53. The molecule has 0 unspecified atom stereocenters. The second-order valence-electron chi connectivity index (χ2n) is 7.84. The maximum absolute atomic E-state index is 12.4. The first-order valence-corrected chi connectivity index (χ1v) is 10.5. The Morgan fingerprint density at radius 2 is 1.68 bits per heavy atom. The molecular formula is C24H29N3O4. The highest BCUT2D eigenvalue weighted by atomic mass is 16.5. The molecule has 1 aliphatic heterocycles. The molecule has 3 rings (SSSR count). The molecule has 164 valence electrons. The van der Waals surface area contributed by atoms with E-state index in [2.05, 4.69) is 5.32 Å². The van der Waals surface area contributed by atoms with Crippen molar-refractivity contribution in [1.29, 1.82) is 0 Å². The zero-order valence-corrected chi connectivity index (χ0v) is 18.0. The Balaban J connectivity index is 1.40. The molecule has 1 heterocycles. The van der Waals surface area contributed by atoms with E-state index in [0.717, 1.165) is 16.8 Å². The molecule has 3 amide bonds. The Labute approximate surface area is 183 Å². The van der Waals surface area contributed by atoms with E-state index in [-0.39, 0.29) is 30.4 Å². The van der Waals surface area contributed by atoms with Gasteiger partial charge in [0.05, 0.1) is 5.92 Å². The van der Waals surface area contributed by atoms with Crippen LogP contribution in [0.5, 0.6) is 0 Å². The van der Waals surface area contributed by atoms with Crippen molar-refractivity contribution in [2.75, 3.05) is 32.1 Å². The normalized spacial score (nSPS) is 14.1. The van der Waals surface area contributed by atoms with Gasteiger partial charge in [-0.15, -0.1) is 0 Å². The van der Waals surface area contributed by atoms with E-state index >= 15 is 0 Å². The van der Waals surface area contributed by atoms with Crippen LogP contribution in [0, 0.1) is 12.8 Å². The fraction of sp³-hybridized carbons (Fsp3) is 0.375. The highest BCUT2D eigenvalue weighted by Gasteiger charge is 2.29. The third-order valence-electron chi connectivity index (χ3n) is 5.57. The van der Waals surface area contributed by atoms with Crippen LogP contribution in [0.3, 0.4) is 0 Å². The zero-order chi connectivity index (χ0) is 22.2. The van der Waals surface area contributed by atoms with E-state index in [0.29, 0.717) is 32.5 Å². The van der Waals surface area contributed by atoms with Gasteiger partial charge in [-0.1, -0.05) is 42.5 Å². The molecule has 0 spiro atoms. The number of carbonyl (C=O) groups is 3. The van der Waals surface area contributed by atoms with Crippen molar-refractivity contribution in [3.05, 3.63) is 65.7 Å². The number of benzene rings is 2. The number of aryl methyl sites for hydroxylation is 1. The highest BCUT2D eigenvalue weighted by Crippen LogP contribution is 2.20. The predicted octanol–water partition coefficient (Wildman–Crippen LogP) is 3.44. The summed E-state index contributed by atoms with van der Waals surface area (Å²) in [5, 5.41) is 2.85. The average Bonchev–Trinajstić information content (AvgIpc) is 2.79. The lowest BCUT2D eigenvalue weighted by Crippen LogP contribution is -2.43. The van der Waals surface area contributed by atoms with Gasteiger partial charge in [0.15, 0.2) is 6.61 Å². The van der Waals surface area contributed by atoms with Gasteiger partial charge in [0.2, 0.25) is 0 Å². The van der Waals surface area contributed by atoms with Crippen LogP contribution in [0.1, 0.15) is 24.0 Å². The lowest BCUT2D eigenvalue weighted by Gasteiger charge is -2.31.